The molecule has 0 aliphatic carbocycles. The molecule has 32 heavy (non-hydrogen) atoms. The Kier molecular flexibility index (Phi) is 6.77. The highest BCUT2D eigenvalue weighted by molar-refractivity contribution is 8.02. The van der Waals surface area contributed by atoms with Crippen molar-refractivity contribution in [2.45, 2.75) is 6.92 Å². The van der Waals surface area contributed by atoms with Crippen molar-refractivity contribution in [2.24, 2.45) is 4.99 Å². The lowest BCUT2D eigenvalue weighted by atomic mass is 10.1. The average Bonchev–Trinajstić information content (AvgIpc) is 2.84. The van der Waals surface area contributed by atoms with Gasteiger partial charge in [0.05, 0.1) is 24.2 Å². The van der Waals surface area contributed by atoms with Crippen molar-refractivity contribution in [1.82, 2.24) is 15.0 Å². The molecular weight excluding hydrogens is 418 g/mol. The predicted molar refractivity (Wildman–Crippen MR) is 134 cm³/mol. The van der Waals surface area contributed by atoms with Gasteiger partial charge in [-0.3, -0.25) is 9.98 Å². The fourth-order valence-electron chi connectivity index (χ4n) is 3.27. The molecule has 160 valence electrons. The molecule has 7 heteroatoms. The van der Waals surface area contributed by atoms with Gasteiger partial charge in [0.2, 0.25) is 0 Å². The number of aromatic nitrogens is 3. The Morgan fingerprint density at radius 3 is 2.78 bits per heavy atom. The van der Waals surface area contributed by atoms with Gasteiger partial charge in [-0.05, 0) is 54.9 Å². The number of benzene rings is 2. The van der Waals surface area contributed by atoms with Crippen LogP contribution >= 0.6 is 11.8 Å². The zero-order valence-corrected chi connectivity index (χ0v) is 18.8. The van der Waals surface area contributed by atoms with Crippen LogP contribution in [0.3, 0.4) is 0 Å². The lowest BCUT2D eigenvalue weighted by Gasteiger charge is -2.11. The molecule has 0 amide bonds. The first-order chi connectivity index (χ1) is 15.7. The van der Waals surface area contributed by atoms with Crippen LogP contribution in [0.4, 0.5) is 5.82 Å². The quantitative estimate of drug-likeness (QED) is 0.211. The number of methoxy groups -OCH3 is 1. The van der Waals surface area contributed by atoms with E-state index in [1.165, 1.54) is 0 Å². The molecule has 0 radical (unpaired) electrons. The number of fused-ring (bicyclic) bond motifs is 1. The summed E-state index contributed by atoms with van der Waals surface area (Å²) in [5.41, 5.74) is 4.77. The van der Waals surface area contributed by atoms with Gasteiger partial charge in [-0.15, -0.1) is 11.8 Å². The van der Waals surface area contributed by atoms with Gasteiger partial charge in [-0.2, -0.15) is 0 Å². The topological polar surface area (TPSA) is 72.3 Å². The number of thioether (sulfide) groups is 1. The molecule has 2 aromatic carbocycles. The van der Waals surface area contributed by atoms with Crippen LogP contribution in [0.1, 0.15) is 11.1 Å². The van der Waals surface area contributed by atoms with Crippen LogP contribution in [0.2, 0.25) is 0 Å². The third-order valence-corrected chi connectivity index (χ3v) is 5.63. The summed E-state index contributed by atoms with van der Waals surface area (Å²) >= 11 is 1.59. The highest BCUT2D eigenvalue weighted by Crippen LogP contribution is 2.29. The second-order valence-corrected chi connectivity index (χ2v) is 7.84. The Hall–Kier alpha value is -3.71. The number of pyridine rings is 1. The van der Waals surface area contributed by atoms with Crippen LogP contribution in [-0.4, -0.2) is 34.7 Å². The van der Waals surface area contributed by atoms with Gasteiger partial charge in [0.15, 0.2) is 5.82 Å². The van der Waals surface area contributed by atoms with Crippen molar-refractivity contribution in [3.63, 3.8) is 0 Å². The molecule has 1 N–H and O–H groups in total. The fourth-order valence-corrected chi connectivity index (χ4v) is 3.93. The van der Waals surface area contributed by atoms with E-state index in [2.05, 4.69) is 35.0 Å². The van der Waals surface area contributed by atoms with Crippen molar-refractivity contribution >= 4 is 40.9 Å². The van der Waals surface area contributed by atoms with Crippen molar-refractivity contribution in [3.05, 3.63) is 83.5 Å². The Morgan fingerprint density at radius 1 is 1.16 bits per heavy atom. The number of hydrogen-bond acceptors (Lipinski definition) is 7. The molecular formula is C25H23N5OS. The summed E-state index contributed by atoms with van der Waals surface area (Å²) in [6, 6.07) is 17.7. The van der Waals surface area contributed by atoms with E-state index < -0.39 is 0 Å². The number of aryl methyl sites for hydroxylation is 1. The van der Waals surface area contributed by atoms with Gasteiger partial charge in [0, 0.05) is 28.9 Å². The number of nitrogens with one attached hydrogen (secondary N) is 1. The monoisotopic (exact) mass is 441 g/mol. The molecule has 0 fully saturated rings. The summed E-state index contributed by atoms with van der Waals surface area (Å²) in [6.07, 6.45) is 3.49. The van der Waals surface area contributed by atoms with Crippen LogP contribution in [0.5, 0.6) is 5.75 Å². The number of ether oxygens (including phenoxy) is 1. The normalized spacial score (nSPS) is 11.4. The Labute approximate surface area is 191 Å². The third-order valence-electron chi connectivity index (χ3n) is 4.93. The number of nitrogens with zero attached hydrogens (tertiary/aromatic N) is 4. The zero-order valence-electron chi connectivity index (χ0n) is 17.9. The number of rotatable bonds is 8. The highest BCUT2D eigenvalue weighted by atomic mass is 32.2. The summed E-state index contributed by atoms with van der Waals surface area (Å²) in [5.74, 6) is 2.70. The van der Waals surface area contributed by atoms with Crippen LogP contribution in [0.15, 0.2) is 77.4 Å². The molecule has 0 unspecified atom stereocenters. The molecule has 0 saturated carbocycles. The molecule has 0 aliphatic rings. The Morgan fingerprint density at radius 2 is 2.03 bits per heavy atom. The van der Waals surface area contributed by atoms with Crippen molar-refractivity contribution in [3.8, 4) is 17.1 Å². The minimum absolute atomic E-state index is 0.598. The van der Waals surface area contributed by atoms with E-state index in [-0.39, 0.29) is 0 Å². The predicted octanol–water partition coefficient (Wildman–Crippen LogP) is 5.81. The smallest absolute Gasteiger partial charge is 0.163 e. The molecule has 4 rings (SSSR count). The Balaban J connectivity index is 1.61. The summed E-state index contributed by atoms with van der Waals surface area (Å²) in [5, 5.41) is 6.32. The first-order valence-electron chi connectivity index (χ1n) is 10.0. The van der Waals surface area contributed by atoms with Gasteiger partial charge >= 0.3 is 0 Å². The standard InChI is InChI=1S/C25H23N5OS/c1-17-7-4-5-9-20(17)23(26-2)15-32-16-28-25-21-13-19(31-3)10-11-22(21)29-24(30-25)18-8-6-12-27-14-18/h4-15H,2,16H2,1,3H3,(H,28,29,30)/b23-15-. The third kappa shape index (κ3) is 4.78. The molecule has 2 heterocycles. The van der Waals surface area contributed by atoms with E-state index in [4.69, 9.17) is 14.7 Å². The summed E-state index contributed by atoms with van der Waals surface area (Å²) < 4.78 is 5.40. The highest BCUT2D eigenvalue weighted by Gasteiger charge is 2.11. The molecule has 0 spiro atoms. The van der Waals surface area contributed by atoms with E-state index in [0.717, 1.165) is 44.9 Å². The second-order valence-electron chi connectivity index (χ2n) is 6.98. The molecule has 4 aromatic rings. The van der Waals surface area contributed by atoms with Gasteiger partial charge in [-0.25, -0.2) is 9.97 Å². The summed E-state index contributed by atoms with van der Waals surface area (Å²) in [7, 11) is 1.65. The van der Waals surface area contributed by atoms with Crippen LogP contribution in [-0.2, 0) is 0 Å². The van der Waals surface area contributed by atoms with E-state index in [1.54, 1.807) is 31.3 Å². The lowest BCUT2D eigenvalue weighted by molar-refractivity contribution is 0.415. The van der Waals surface area contributed by atoms with E-state index in [1.807, 2.05) is 53.9 Å². The molecule has 0 bridgehead atoms. The van der Waals surface area contributed by atoms with Gasteiger partial charge < -0.3 is 10.1 Å². The molecule has 6 nitrogen and oxygen atoms in total. The first-order valence-corrected chi connectivity index (χ1v) is 11.1. The molecule has 2 aromatic heterocycles. The average molecular weight is 442 g/mol. The number of anilines is 1. The number of hydrogen-bond donors (Lipinski definition) is 1. The summed E-state index contributed by atoms with van der Waals surface area (Å²) in [6.45, 7) is 5.80. The fraction of sp³-hybridized carbons (Fsp3) is 0.120. The van der Waals surface area contributed by atoms with Crippen molar-refractivity contribution in [2.75, 3.05) is 18.3 Å². The maximum Gasteiger partial charge on any atom is 0.163 e. The Bertz CT molecular complexity index is 1270. The summed E-state index contributed by atoms with van der Waals surface area (Å²) in [4.78, 5) is 17.9. The maximum atomic E-state index is 5.40. The van der Waals surface area contributed by atoms with Crippen LogP contribution < -0.4 is 10.1 Å². The first kappa shape index (κ1) is 21.5. The zero-order chi connectivity index (χ0) is 22.3. The second kappa shape index (κ2) is 10.1. The van der Waals surface area contributed by atoms with Gasteiger partial charge in [0.1, 0.15) is 11.6 Å². The molecule has 0 aliphatic heterocycles. The maximum absolute atomic E-state index is 5.40. The van der Waals surface area contributed by atoms with E-state index in [0.29, 0.717) is 11.7 Å². The minimum atomic E-state index is 0.598. The van der Waals surface area contributed by atoms with Gasteiger partial charge in [0.25, 0.3) is 0 Å². The van der Waals surface area contributed by atoms with Crippen molar-refractivity contribution < 1.29 is 4.74 Å². The van der Waals surface area contributed by atoms with Crippen LogP contribution in [0, 0.1) is 6.92 Å². The molecule has 0 atom stereocenters. The van der Waals surface area contributed by atoms with Crippen LogP contribution in [0.25, 0.3) is 28.0 Å². The van der Waals surface area contributed by atoms with Crippen molar-refractivity contribution in [1.29, 1.82) is 0 Å². The van der Waals surface area contributed by atoms with E-state index >= 15 is 0 Å². The largest absolute Gasteiger partial charge is 0.497 e. The van der Waals surface area contributed by atoms with E-state index in [9.17, 15) is 0 Å². The number of aliphatic imine (C=N–C) groups is 1. The SMILES string of the molecule is C=N/C(=C\SCNc1nc(-c2cccnc2)nc2ccc(OC)cc12)c1ccccc1C. The minimum Gasteiger partial charge on any atom is -0.497 e. The lowest BCUT2D eigenvalue weighted by Crippen LogP contribution is -2.03. The van der Waals surface area contributed by atoms with Gasteiger partial charge in [-0.1, -0.05) is 24.3 Å². The molecule has 0 saturated heterocycles.